The highest BCUT2D eigenvalue weighted by Gasteiger charge is 2.21. The first-order valence-electron chi connectivity index (χ1n) is 8.26. The Kier molecular flexibility index (Phi) is 5.68. The molecule has 0 heterocycles. The summed E-state index contributed by atoms with van der Waals surface area (Å²) in [6.45, 7) is 0. The molecule has 3 aromatic carbocycles. The Bertz CT molecular complexity index is 955. The predicted molar refractivity (Wildman–Crippen MR) is 105 cm³/mol. The predicted octanol–water partition coefficient (Wildman–Crippen LogP) is 3.96. The summed E-state index contributed by atoms with van der Waals surface area (Å²) in [6, 6.07) is 20.2. The van der Waals surface area contributed by atoms with Crippen molar-refractivity contribution in [3.63, 3.8) is 0 Å². The first-order chi connectivity index (χ1) is 12.5. The summed E-state index contributed by atoms with van der Waals surface area (Å²) >= 11 is 3.41. The number of benzene rings is 3. The number of fused-ring (bicyclic) bond motifs is 1. The standard InChI is InChI=1S/C21H18BrNO3/c22-18-8-4-3-7-17(18)13-19(21(25)26)23-20(24)12-14-9-10-15-5-1-2-6-16(15)11-14/h1-11,19H,12-13H2,(H,23,24)(H,25,26)/t19-/m1/s1. The normalized spacial score (nSPS) is 11.9. The van der Waals surface area contributed by atoms with Crippen molar-refractivity contribution in [1.82, 2.24) is 5.32 Å². The fourth-order valence-electron chi connectivity index (χ4n) is 2.86. The van der Waals surface area contributed by atoms with E-state index in [0.717, 1.165) is 26.4 Å². The number of carboxylic acid groups (broad SMARTS) is 1. The lowest BCUT2D eigenvalue weighted by atomic mass is 10.0. The Balaban J connectivity index is 1.69. The Labute approximate surface area is 160 Å². The molecule has 132 valence electrons. The lowest BCUT2D eigenvalue weighted by Crippen LogP contribution is -2.43. The second kappa shape index (κ2) is 8.15. The van der Waals surface area contributed by atoms with Crippen molar-refractivity contribution >= 4 is 38.6 Å². The van der Waals surface area contributed by atoms with Gasteiger partial charge in [-0.25, -0.2) is 4.79 Å². The Morgan fingerprint density at radius 2 is 1.65 bits per heavy atom. The van der Waals surface area contributed by atoms with Crippen molar-refractivity contribution in [2.75, 3.05) is 0 Å². The number of carboxylic acids is 1. The van der Waals surface area contributed by atoms with Gasteiger partial charge in [0.1, 0.15) is 6.04 Å². The average molecular weight is 412 g/mol. The van der Waals surface area contributed by atoms with Crippen LogP contribution in [0.2, 0.25) is 0 Å². The SMILES string of the molecule is O=C(Cc1ccc2ccccc2c1)N[C@H](Cc1ccccc1Br)C(=O)O. The first kappa shape index (κ1) is 18.1. The van der Waals surface area contributed by atoms with Gasteiger partial charge in [-0.1, -0.05) is 76.6 Å². The molecule has 5 heteroatoms. The quantitative estimate of drug-likeness (QED) is 0.644. The van der Waals surface area contributed by atoms with E-state index in [9.17, 15) is 14.7 Å². The van der Waals surface area contributed by atoms with Gasteiger partial charge in [0.05, 0.1) is 6.42 Å². The fourth-order valence-corrected chi connectivity index (χ4v) is 3.31. The van der Waals surface area contributed by atoms with Gasteiger partial charge >= 0.3 is 5.97 Å². The maximum absolute atomic E-state index is 12.4. The first-order valence-corrected chi connectivity index (χ1v) is 9.05. The van der Waals surface area contributed by atoms with E-state index >= 15 is 0 Å². The van der Waals surface area contributed by atoms with Gasteiger partial charge in [-0.3, -0.25) is 4.79 Å². The highest BCUT2D eigenvalue weighted by Crippen LogP contribution is 2.18. The molecule has 26 heavy (non-hydrogen) atoms. The molecule has 0 aliphatic rings. The molecule has 3 aromatic rings. The molecule has 1 amide bonds. The Hall–Kier alpha value is -2.66. The summed E-state index contributed by atoms with van der Waals surface area (Å²) in [5.41, 5.74) is 1.69. The van der Waals surface area contributed by atoms with Gasteiger partial charge in [-0.15, -0.1) is 0 Å². The molecule has 0 saturated carbocycles. The van der Waals surface area contributed by atoms with Crippen LogP contribution in [0.1, 0.15) is 11.1 Å². The van der Waals surface area contributed by atoms with Gasteiger partial charge < -0.3 is 10.4 Å². The Morgan fingerprint density at radius 3 is 2.38 bits per heavy atom. The van der Waals surface area contributed by atoms with Crippen molar-refractivity contribution in [3.05, 3.63) is 82.3 Å². The number of amides is 1. The second-order valence-electron chi connectivity index (χ2n) is 6.11. The Morgan fingerprint density at radius 1 is 0.962 bits per heavy atom. The zero-order valence-electron chi connectivity index (χ0n) is 14.0. The summed E-state index contributed by atoms with van der Waals surface area (Å²) in [7, 11) is 0. The molecule has 0 aliphatic heterocycles. The molecule has 1 atom stereocenters. The van der Waals surface area contributed by atoms with Gasteiger partial charge in [0.25, 0.3) is 0 Å². The molecule has 0 fully saturated rings. The maximum atomic E-state index is 12.4. The number of carbonyl (C=O) groups excluding carboxylic acids is 1. The molecule has 2 N–H and O–H groups in total. The number of rotatable bonds is 6. The molecule has 0 unspecified atom stereocenters. The highest BCUT2D eigenvalue weighted by atomic mass is 79.9. The van der Waals surface area contributed by atoms with E-state index in [1.54, 1.807) is 0 Å². The summed E-state index contributed by atoms with van der Waals surface area (Å²) in [5, 5.41) is 14.2. The minimum atomic E-state index is -1.05. The second-order valence-corrected chi connectivity index (χ2v) is 6.97. The van der Waals surface area contributed by atoms with Crippen LogP contribution in [0.5, 0.6) is 0 Å². The van der Waals surface area contributed by atoms with E-state index in [0.29, 0.717) is 0 Å². The van der Waals surface area contributed by atoms with Gasteiger partial charge in [0, 0.05) is 10.9 Å². The molecule has 4 nitrogen and oxygen atoms in total. The van der Waals surface area contributed by atoms with Gasteiger partial charge in [-0.05, 0) is 28.0 Å². The van der Waals surface area contributed by atoms with Crippen LogP contribution >= 0.6 is 15.9 Å². The van der Waals surface area contributed by atoms with E-state index in [-0.39, 0.29) is 18.7 Å². The largest absolute Gasteiger partial charge is 0.480 e. The van der Waals surface area contributed by atoms with Crippen LogP contribution in [-0.2, 0) is 22.4 Å². The van der Waals surface area contributed by atoms with E-state index in [4.69, 9.17) is 0 Å². The van der Waals surface area contributed by atoms with Crippen molar-refractivity contribution in [3.8, 4) is 0 Å². The zero-order chi connectivity index (χ0) is 18.5. The molecule has 3 rings (SSSR count). The highest BCUT2D eigenvalue weighted by molar-refractivity contribution is 9.10. The molecule has 0 aromatic heterocycles. The van der Waals surface area contributed by atoms with E-state index < -0.39 is 12.0 Å². The minimum absolute atomic E-state index is 0.143. The third kappa shape index (κ3) is 4.49. The smallest absolute Gasteiger partial charge is 0.326 e. The van der Waals surface area contributed by atoms with Crippen LogP contribution in [0, 0.1) is 0 Å². The number of hydrogen-bond donors (Lipinski definition) is 2. The van der Waals surface area contributed by atoms with Gasteiger partial charge in [0.2, 0.25) is 5.91 Å². The molecule has 0 saturated heterocycles. The zero-order valence-corrected chi connectivity index (χ0v) is 15.6. The molecular weight excluding hydrogens is 394 g/mol. The minimum Gasteiger partial charge on any atom is -0.480 e. The molecule has 0 bridgehead atoms. The van der Waals surface area contributed by atoms with Crippen LogP contribution in [0.25, 0.3) is 10.8 Å². The van der Waals surface area contributed by atoms with Crippen molar-refractivity contribution in [1.29, 1.82) is 0 Å². The average Bonchev–Trinajstić information content (AvgIpc) is 2.62. The number of halogens is 1. The third-order valence-corrected chi connectivity index (χ3v) is 4.97. The van der Waals surface area contributed by atoms with Gasteiger partial charge in [0.15, 0.2) is 0 Å². The van der Waals surface area contributed by atoms with Crippen molar-refractivity contribution in [2.45, 2.75) is 18.9 Å². The number of aliphatic carboxylic acids is 1. The van der Waals surface area contributed by atoms with Crippen LogP contribution in [-0.4, -0.2) is 23.0 Å². The molecular formula is C21H18BrNO3. The summed E-state index contributed by atoms with van der Waals surface area (Å²) in [5.74, 6) is -1.35. The van der Waals surface area contributed by atoms with Crippen LogP contribution in [0.15, 0.2) is 71.2 Å². The number of hydrogen-bond acceptors (Lipinski definition) is 2. The maximum Gasteiger partial charge on any atom is 0.326 e. The fraction of sp³-hybridized carbons (Fsp3) is 0.143. The van der Waals surface area contributed by atoms with Crippen molar-refractivity contribution in [2.24, 2.45) is 0 Å². The third-order valence-electron chi connectivity index (χ3n) is 4.19. The van der Waals surface area contributed by atoms with E-state index in [1.807, 2.05) is 66.7 Å². The van der Waals surface area contributed by atoms with E-state index in [1.165, 1.54) is 0 Å². The van der Waals surface area contributed by atoms with Gasteiger partial charge in [-0.2, -0.15) is 0 Å². The summed E-state index contributed by atoms with van der Waals surface area (Å²) in [4.78, 5) is 23.9. The number of nitrogens with one attached hydrogen (secondary N) is 1. The lowest BCUT2D eigenvalue weighted by molar-refractivity contribution is -0.141. The summed E-state index contributed by atoms with van der Waals surface area (Å²) < 4.78 is 0.829. The van der Waals surface area contributed by atoms with Crippen LogP contribution in [0.3, 0.4) is 0 Å². The monoisotopic (exact) mass is 411 g/mol. The van der Waals surface area contributed by atoms with Crippen LogP contribution < -0.4 is 5.32 Å². The molecule has 0 aliphatic carbocycles. The molecule has 0 spiro atoms. The summed E-state index contributed by atoms with van der Waals surface area (Å²) in [6.07, 6.45) is 0.366. The number of carbonyl (C=O) groups is 2. The van der Waals surface area contributed by atoms with E-state index in [2.05, 4.69) is 21.2 Å². The van der Waals surface area contributed by atoms with Crippen LogP contribution in [0.4, 0.5) is 0 Å². The molecule has 0 radical (unpaired) electrons. The lowest BCUT2D eigenvalue weighted by Gasteiger charge is -2.15. The van der Waals surface area contributed by atoms with Crippen molar-refractivity contribution < 1.29 is 14.7 Å². The topological polar surface area (TPSA) is 66.4 Å².